The first-order chi connectivity index (χ1) is 4.66. The monoisotopic (exact) mass is 144 g/mol. The second-order valence-corrected chi connectivity index (χ2v) is 1.98. The molecule has 1 rings (SSSR count). The van der Waals surface area contributed by atoms with Crippen molar-refractivity contribution >= 4 is 5.97 Å². The van der Waals surface area contributed by atoms with Crippen LogP contribution in [-0.2, 0) is 9.53 Å². The van der Waals surface area contributed by atoms with Crippen molar-refractivity contribution in [3.8, 4) is 0 Å². The molecule has 0 aromatic carbocycles. The molecule has 0 spiro atoms. The van der Waals surface area contributed by atoms with Crippen LogP contribution in [0.25, 0.3) is 0 Å². The summed E-state index contributed by atoms with van der Waals surface area (Å²) in [7, 11) is 0. The smallest absolute Gasteiger partial charge is 0.327 e. The van der Waals surface area contributed by atoms with Crippen LogP contribution in [0.3, 0.4) is 0 Å². The fourth-order valence-corrected chi connectivity index (χ4v) is 0.239. The van der Waals surface area contributed by atoms with Gasteiger partial charge in [0.05, 0.1) is 12.7 Å². The highest BCUT2D eigenvalue weighted by Gasteiger charge is 2.13. The predicted molar refractivity (Wildman–Crippen MR) is 37.9 cm³/mol. The summed E-state index contributed by atoms with van der Waals surface area (Å²) in [4.78, 5) is 9.51. The molecule has 1 aliphatic rings. The summed E-state index contributed by atoms with van der Waals surface area (Å²) in [6, 6.07) is 0. The van der Waals surface area contributed by atoms with Crippen LogP contribution in [0.2, 0.25) is 0 Å². The van der Waals surface area contributed by atoms with Gasteiger partial charge in [-0.2, -0.15) is 0 Å². The molecule has 10 heavy (non-hydrogen) atoms. The molecule has 0 aromatic heterocycles. The summed E-state index contributed by atoms with van der Waals surface area (Å²) < 4.78 is 4.71. The summed E-state index contributed by atoms with van der Waals surface area (Å²) in [5, 5.41) is 7.83. The van der Waals surface area contributed by atoms with Crippen molar-refractivity contribution in [2.45, 2.75) is 20.0 Å². The summed E-state index contributed by atoms with van der Waals surface area (Å²) in [5.41, 5.74) is 0. The van der Waals surface area contributed by atoms with E-state index in [0.717, 1.165) is 12.7 Å². The lowest BCUT2D eigenvalue weighted by Crippen LogP contribution is -1.83. The molecular formula is C7H12O3. The zero-order chi connectivity index (χ0) is 7.98. The van der Waals surface area contributed by atoms with Crippen molar-refractivity contribution < 1.29 is 14.6 Å². The lowest BCUT2D eigenvalue weighted by molar-refractivity contribution is -0.131. The second-order valence-electron chi connectivity index (χ2n) is 1.98. The van der Waals surface area contributed by atoms with Crippen molar-refractivity contribution in [3.63, 3.8) is 0 Å². The zero-order valence-electron chi connectivity index (χ0n) is 6.20. The minimum absolute atomic E-state index is 0.583. The largest absolute Gasteiger partial charge is 0.478 e. The molecule has 0 amide bonds. The van der Waals surface area contributed by atoms with Gasteiger partial charge < -0.3 is 9.84 Å². The fraction of sp³-hybridized carbons (Fsp3) is 0.571. The van der Waals surface area contributed by atoms with Crippen LogP contribution < -0.4 is 0 Å². The Morgan fingerprint density at radius 3 is 2.20 bits per heavy atom. The van der Waals surface area contributed by atoms with E-state index in [9.17, 15) is 4.79 Å². The van der Waals surface area contributed by atoms with Crippen molar-refractivity contribution in [3.05, 3.63) is 12.2 Å². The number of allylic oxidation sites excluding steroid dienone is 1. The molecule has 1 fully saturated rings. The molecule has 1 unspecified atom stereocenters. The number of aliphatic carboxylic acids is 1. The molecule has 0 aromatic rings. The molecule has 1 N–H and O–H groups in total. The van der Waals surface area contributed by atoms with Crippen LogP contribution in [0, 0.1) is 0 Å². The van der Waals surface area contributed by atoms with Gasteiger partial charge in [-0.05, 0) is 13.8 Å². The van der Waals surface area contributed by atoms with Crippen molar-refractivity contribution in [1.29, 1.82) is 0 Å². The van der Waals surface area contributed by atoms with Crippen LogP contribution >= 0.6 is 0 Å². The van der Waals surface area contributed by atoms with Gasteiger partial charge in [0.25, 0.3) is 0 Å². The van der Waals surface area contributed by atoms with E-state index in [0.29, 0.717) is 6.10 Å². The van der Waals surface area contributed by atoms with Crippen molar-refractivity contribution in [1.82, 2.24) is 0 Å². The Morgan fingerprint density at radius 1 is 1.80 bits per heavy atom. The van der Waals surface area contributed by atoms with E-state index in [1.165, 1.54) is 6.08 Å². The summed E-state index contributed by atoms with van der Waals surface area (Å²) in [6.07, 6.45) is 3.14. The molecule has 1 heterocycles. The standard InChI is InChI=1S/C4H6O2.C3H6O/c1-2-3-4(5)6;1-3-2-4-3/h2-3H,1H3,(H,5,6);3H,2H2,1H3/b3-2+;. The quantitative estimate of drug-likeness (QED) is 0.442. The SMILES string of the molecule is C/C=C/C(=O)O.CC1CO1. The van der Waals surface area contributed by atoms with Crippen molar-refractivity contribution in [2.24, 2.45) is 0 Å². The summed E-state index contributed by atoms with van der Waals surface area (Å²) in [5.74, 6) is -0.891. The second kappa shape index (κ2) is 4.99. The van der Waals surface area contributed by atoms with E-state index < -0.39 is 5.97 Å². The third-order valence-electron chi connectivity index (χ3n) is 0.809. The maximum Gasteiger partial charge on any atom is 0.327 e. The Balaban J connectivity index is 0.000000172. The molecule has 3 heteroatoms. The number of carboxylic acids is 1. The van der Waals surface area contributed by atoms with Crippen LogP contribution in [0.1, 0.15) is 13.8 Å². The molecule has 1 aliphatic heterocycles. The lowest BCUT2D eigenvalue weighted by atomic mass is 10.5. The topological polar surface area (TPSA) is 49.8 Å². The number of epoxide rings is 1. The Morgan fingerprint density at radius 2 is 2.20 bits per heavy atom. The van der Waals surface area contributed by atoms with E-state index in [1.54, 1.807) is 6.92 Å². The van der Waals surface area contributed by atoms with Crippen LogP contribution in [-0.4, -0.2) is 23.8 Å². The van der Waals surface area contributed by atoms with Gasteiger partial charge in [0.2, 0.25) is 0 Å². The van der Waals surface area contributed by atoms with Crippen LogP contribution in [0.15, 0.2) is 12.2 Å². The van der Waals surface area contributed by atoms with Gasteiger partial charge in [-0.15, -0.1) is 0 Å². The van der Waals surface area contributed by atoms with Gasteiger partial charge in [-0.1, -0.05) is 6.08 Å². The Kier molecular flexibility index (Phi) is 4.58. The third kappa shape index (κ3) is 10.2. The van der Waals surface area contributed by atoms with Gasteiger partial charge in [0.15, 0.2) is 0 Å². The Hall–Kier alpha value is -0.830. The predicted octanol–water partition coefficient (Wildman–Crippen LogP) is 1.05. The molecule has 58 valence electrons. The first-order valence-electron chi connectivity index (χ1n) is 3.14. The van der Waals surface area contributed by atoms with Crippen LogP contribution in [0.4, 0.5) is 0 Å². The average molecular weight is 144 g/mol. The van der Waals surface area contributed by atoms with Crippen molar-refractivity contribution in [2.75, 3.05) is 6.61 Å². The lowest BCUT2D eigenvalue weighted by Gasteiger charge is -1.68. The van der Waals surface area contributed by atoms with Gasteiger partial charge in [-0.25, -0.2) is 4.79 Å². The normalized spacial score (nSPS) is 21.6. The zero-order valence-corrected chi connectivity index (χ0v) is 6.20. The third-order valence-corrected chi connectivity index (χ3v) is 0.809. The minimum atomic E-state index is -0.891. The number of ether oxygens (including phenoxy) is 1. The maximum atomic E-state index is 9.51. The van der Waals surface area contributed by atoms with Crippen LogP contribution in [0.5, 0.6) is 0 Å². The number of rotatable bonds is 1. The summed E-state index contributed by atoms with van der Waals surface area (Å²) >= 11 is 0. The molecule has 1 atom stereocenters. The molecule has 3 nitrogen and oxygen atoms in total. The number of carboxylic acid groups (broad SMARTS) is 1. The molecule has 0 bridgehead atoms. The van der Waals surface area contributed by atoms with E-state index in [1.807, 2.05) is 0 Å². The minimum Gasteiger partial charge on any atom is -0.478 e. The molecule has 0 aliphatic carbocycles. The maximum absolute atomic E-state index is 9.51. The van der Waals surface area contributed by atoms with E-state index in [4.69, 9.17) is 9.84 Å². The molecule has 1 saturated heterocycles. The fourth-order valence-electron chi connectivity index (χ4n) is 0.239. The van der Waals surface area contributed by atoms with E-state index in [2.05, 4.69) is 6.92 Å². The first-order valence-corrected chi connectivity index (χ1v) is 3.14. The number of carbonyl (C=O) groups is 1. The highest BCUT2D eigenvalue weighted by Crippen LogP contribution is 2.04. The molecule has 0 saturated carbocycles. The number of hydrogen-bond donors (Lipinski definition) is 1. The van der Waals surface area contributed by atoms with Gasteiger partial charge in [-0.3, -0.25) is 0 Å². The molecule has 0 radical (unpaired) electrons. The average Bonchev–Trinajstić information content (AvgIpc) is 2.52. The number of hydrogen-bond acceptors (Lipinski definition) is 2. The van der Waals surface area contributed by atoms with E-state index >= 15 is 0 Å². The van der Waals surface area contributed by atoms with E-state index in [-0.39, 0.29) is 0 Å². The Bertz CT molecular complexity index is 125. The summed E-state index contributed by atoms with van der Waals surface area (Å²) in [6.45, 7) is 4.70. The van der Waals surface area contributed by atoms with Gasteiger partial charge in [0.1, 0.15) is 0 Å². The first kappa shape index (κ1) is 9.17. The highest BCUT2D eigenvalue weighted by molar-refractivity contribution is 5.79. The highest BCUT2D eigenvalue weighted by atomic mass is 16.6. The molecular weight excluding hydrogens is 132 g/mol. The Labute approximate surface area is 60.3 Å². The van der Waals surface area contributed by atoms with Gasteiger partial charge >= 0.3 is 5.97 Å². The van der Waals surface area contributed by atoms with Gasteiger partial charge in [0, 0.05) is 6.08 Å².